The summed E-state index contributed by atoms with van der Waals surface area (Å²) >= 11 is 0. The lowest BCUT2D eigenvalue weighted by Crippen LogP contribution is -2.01. The zero-order chi connectivity index (χ0) is 34.2. The standard InChI is InChI=1S/C46H26N4O2/c1-2-11-27(12-3-1)44-48-45(50-46(49-44)35-20-10-22-39-42(35)34-15-6-7-21-38(34)51-39)33-19-9-16-30-31(33)17-8-18-32(30)37-25-47-26-41-43(37)36-23-28-13-4-5-14-29(28)24-40(36)52-41/h1-26H. The molecule has 0 atom stereocenters. The quantitative estimate of drug-likeness (QED) is 0.186. The third-order valence-corrected chi connectivity index (χ3v) is 10.0. The highest BCUT2D eigenvalue weighted by atomic mass is 16.3. The van der Waals surface area contributed by atoms with Gasteiger partial charge in [-0.15, -0.1) is 0 Å². The van der Waals surface area contributed by atoms with Gasteiger partial charge in [0.05, 0.1) is 6.20 Å². The number of nitrogens with zero attached hydrogens (tertiary/aromatic N) is 4. The zero-order valence-corrected chi connectivity index (χ0v) is 27.6. The molecule has 4 aromatic heterocycles. The molecular weight excluding hydrogens is 641 g/mol. The summed E-state index contributed by atoms with van der Waals surface area (Å²) in [7, 11) is 0. The van der Waals surface area contributed by atoms with E-state index < -0.39 is 0 Å². The first kappa shape index (κ1) is 28.6. The molecule has 0 saturated carbocycles. The van der Waals surface area contributed by atoms with Gasteiger partial charge < -0.3 is 8.83 Å². The highest BCUT2D eigenvalue weighted by Gasteiger charge is 2.20. The van der Waals surface area contributed by atoms with Crippen LogP contribution in [0.2, 0.25) is 0 Å². The smallest absolute Gasteiger partial charge is 0.164 e. The Kier molecular flexibility index (Phi) is 6.15. The summed E-state index contributed by atoms with van der Waals surface area (Å²) in [4.78, 5) is 20.0. The molecule has 6 heteroatoms. The Morgan fingerprint density at radius 3 is 1.81 bits per heavy atom. The maximum atomic E-state index is 6.39. The lowest BCUT2D eigenvalue weighted by atomic mass is 9.93. The molecule has 0 radical (unpaired) electrons. The SMILES string of the molecule is c1ccc(-c2nc(-c3cccc4c(-c5cncc6oc7cc8ccccc8cc7c56)cccc34)nc(-c3cccc4oc5ccccc5c34)n2)cc1. The highest BCUT2D eigenvalue weighted by molar-refractivity contribution is 6.18. The van der Waals surface area contributed by atoms with E-state index in [9.17, 15) is 0 Å². The van der Waals surface area contributed by atoms with Crippen LogP contribution in [0.25, 0.3) is 111 Å². The number of hydrogen-bond donors (Lipinski definition) is 0. The van der Waals surface area contributed by atoms with Crippen LogP contribution in [0.5, 0.6) is 0 Å². The van der Waals surface area contributed by atoms with Crippen LogP contribution in [0.15, 0.2) is 167 Å². The summed E-state index contributed by atoms with van der Waals surface area (Å²) in [5, 5.41) is 8.51. The van der Waals surface area contributed by atoms with Crippen molar-refractivity contribution >= 4 is 65.4 Å². The first-order chi connectivity index (χ1) is 25.8. The van der Waals surface area contributed by atoms with Crippen molar-refractivity contribution in [2.45, 2.75) is 0 Å². The molecule has 0 bridgehead atoms. The fourth-order valence-corrected chi connectivity index (χ4v) is 7.65. The van der Waals surface area contributed by atoms with E-state index in [1.807, 2.05) is 66.9 Å². The Balaban J connectivity index is 1.15. The molecule has 0 saturated heterocycles. The monoisotopic (exact) mass is 666 g/mol. The van der Waals surface area contributed by atoms with Gasteiger partial charge in [-0.1, -0.05) is 121 Å². The summed E-state index contributed by atoms with van der Waals surface area (Å²) in [6, 6.07) is 49.6. The van der Waals surface area contributed by atoms with Crippen LogP contribution in [0, 0.1) is 0 Å². The minimum atomic E-state index is 0.584. The second-order valence-electron chi connectivity index (χ2n) is 13.0. The van der Waals surface area contributed by atoms with E-state index in [0.717, 1.165) is 87.9 Å². The van der Waals surface area contributed by atoms with Crippen molar-refractivity contribution in [3.8, 4) is 45.3 Å². The fraction of sp³-hybridized carbons (Fsp3) is 0. The van der Waals surface area contributed by atoms with Crippen LogP contribution in [-0.2, 0) is 0 Å². The van der Waals surface area contributed by atoms with Crippen LogP contribution in [0.1, 0.15) is 0 Å². The Hall–Kier alpha value is -7.18. The summed E-state index contributed by atoms with van der Waals surface area (Å²) in [6.07, 6.45) is 3.75. The van der Waals surface area contributed by atoms with Crippen molar-refractivity contribution in [1.82, 2.24) is 19.9 Å². The minimum absolute atomic E-state index is 0.584. The summed E-state index contributed by atoms with van der Waals surface area (Å²) in [5.74, 6) is 1.78. The number of pyridine rings is 1. The minimum Gasteiger partial charge on any atom is -0.456 e. The van der Waals surface area contributed by atoms with Crippen molar-refractivity contribution < 1.29 is 8.83 Å². The number of fused-ring (bicyclic) bond motifs is 8. The Labute approximate surface area is 296 Å². The van der Waals surface area contributed by atoms with Crippen molar-refractivity contribution in [1.29, 1.82) is 0 Å². The molecule has 4 heterocycles. The number of rotatable bonds is 4. The van der Waals surface area contributed by atoms with E-state index in [0.29, 0.717) is 17.5 Å². The van der Waals surface area contributed by atoms with E-state index in [1.54, 1.807) is 6.20 Å². The average molecular weight is 667 g/mol. The van der Waals surface area contributed by atoms with Gasteiger partial charge in [0.1, 0.15) is 16.7 Å². The molecular formula is C46H26N4O2. The van der Waals surface area contributed by atoms with Crippen LogP contribution >= 0.6 is 0 Å². The third-order valence-electron chi connectivity index (χ3n) is 10.0. The topological polar surface area (TPSA) is 77.8 Å². The van der Waals surface area contributed by atoms with Crippen LogP contribution in [0.3, 0.4) is 0 Å². The lowest BCUT2D eigenvalue weighted by molar-refractivity contribution is 0.667. The number of benzene rings is 7. The van der Waals surface area contributed by atoms with E-state index in [-0.39, 0.29) is 0 Å². The van der Waals surface area contributed by atoms with Crippen molar-refractivity contribution in [2.24, 2.45) is 0 Å². The van der Waals surface area contributed by atoms with Gasteiger partial charge in [-0.3, -0.25) is 4.98 Å². The second-order valence-corrected chi connectivity index (χ2v) is 13.0. The number of hydrogen-bond acceptors (Lipinski definition) is 6. The van der Waals surface area contributed by atoms with Gasteiger partial charge in [0, 0.05) is 50.0 Å². The van der Waals surface area contributed by atoms with Gasteiger partial charge in [-0.2, -0.15) is 0 Å². The predicted molar refractivity (Wildman–Crippen MR) is 209 cm³/mol. The molecule has 6 nitrogen and oxygen atoms in total. The molecule has 242 valence electrons. The number of para-hydroxylation sites is 1. The van der Waals surface area contributed by atoms with Gasteiger partial charge in [0.2, 0.25) is 0 Å². The molecule has 0 amide bonds. The zero-order valence-electron chi connectivity index (χ0n) is 27.6. The summed E-state index contributed by atoms with van der Waals surface area (Å²) in [5.41, 5.74) is 7.99. The molecule has 11 rings (SSSR count). The largest absolute Gasteiger partial charge is 0.456 e. The molecule has 0 N–H and O–H groups in total. The van der Waals surface area contributed by atoms with Gasteiger partial charge >= 0.3 is 0 Å². The fourth-order valence-electron chi connectivity index (χ4n) is 7.65. The maximum absolute atomic E-state index is 6.39. The van der Waals surface area contributed by atoms with Crippen molar-refractivity contribution in [2.75, 3.05) is 0 Å². The average Bonchev–Trinajstić information content (AvgIpc) is 3.77. The molecule has 0 aliphatic carbocycles. The van der Waals surface area contributed by atoms with E-state index in [4.69, 9.17) is 23.8 Å². The predicted octanol–water partition coefficient (Wildman–Crippen LogP) is 12.0. The van der Waals surface area contributed by atoms with Gasteiger partial charge in [0.15, 0.2) is 23.1 Å². The molecule has 0 aliphatic rings. The maximum Gasteiger partial charge on any atom is 0.164 e. The van der Waals surface area contributed by atoms with Crippen molar-refractivity contribution in [3.05, 3.63) is 158 Å². The molecule has 0 spiro atoms. The Morgan fingerprint density at radius 2 is 0.942 bits per heavy atom. The first-order valence-corrected chi connectivity index (χ1v) is 17.2. The van der Waals surface area contributed by atoms with Gasteiger partial charge in [0.25, 0.3) is 0 Å². The van der Waals surface area contributed by atoms with E-state index in [1.165, 1.54) is 5.39 Å². The van der Waals surface area contributed by atoms with E-state index >= 15 is 0 Å². The molecule has 0 fully saturated rings. The summed E-state index contributed by atoms with van der Waals surface area (Å²) in [6.45, 7) is 0. The molecule has 11 aromatic rings. The third kappa shape index (κ3) is 4.38. The molecule has 52 heavy (non-hydrogen) atoms. The molecule has 7 aromatic carbocycles. The Morgan fingerprint density at radius 1 is 0.346 bits per heavy atom. The normalized spacial score (nSPS) is 11.8. The van der Waals surface area contributed by atoms with Gasteiger partial charge in [-0.05, 0) is 51.4 Å². The number of aromatic nitrogens is 4. The summed E-state index contributed by atoms with van der Waals surface area (Å²) < 4.78 is 12.6. The lowest BCUT2D eigenvalue weighted by Gasteiger charge is -2.13. The molecule has 0 aliphatic heterocycles. The number of furan rings is 2. The highest BCUT2D eigenvalue weighted by Crippen LogP contribution is 2.42. The van der Waals surface area contributed by atoms with Crippen LogP contribution < -0.4 is 0 Å². The van der Waals surface area contributed by atoms with Gasteiger partial charge in [-0.25, -0.2) is 15.0 Å². The van der Waals surface area contributed by atoms with Crippen LogP contribution in [-0.4, -0.2) is 19.9 Å². The van der Waals surface area contributed by atoms with E-state index in [2.05, 4.69) is 89.9 Å². The Bertz CT molecular complexity index is 3200. The van der Waals surface area contributed by atoms with Crippen molar-refractivity contribution in [3.63, 3.8) is 0 Å². The first-order valence-electron chi connectivity index (χ1n) is 17.2. The molecule has 0 unspecified atom stereocenters. The van der Waals surface area contributed by atoms with Crippen LogP contribution in [0.4, 0.5) is 0 Å². The second kappa shape index (κ2) is 11.2.